The third-order valence-electron chi connectivity index (χ3n) is 14.6. The van der Waals surface area contributed by atoms with Crippen LogP contribution in [0.3, 0.4) is 0 Å². The fourth-order valence-electron chi connectivity index (χ4n) is 12.7. The zero-order chi connectivity index (χ0) is 36.5. The van der Waals surface area contributed by atoms with Crippen molar-refractivity contribution in [2.75, 3.05) is 4.90 Å². The quantitative estimate of drug-likeness (QED) is 0.180. The van der Waals surface area contributed by atoms with Gasteiger partial charge in [0, 0.05) is 22.2 Å². The van der Waals surface area contributed by atoms with E-state index in [1.165, 1.54) is 75.9 Å². The maximum atomic E-state index is 6.40. The van der Waals surface area contributed by atoms with Crippen LogP contribution in [-0.4, -0.2) is 0 Å². The molecule has 4 saturated carbocycles. The lowest BCUT2D eigenvalue weighted by molar-refractivity contribution is -0.0399. The van der Waals surface area contributed by atoms with Gasteiger partial charge in [-0.25, -0.2) is 0 Å². The molecule has 56 heavy (non-hydrogen) atoms. The number of rotatable bonds is 4. The molecule has 268 valence electrons. The number of hydrogen-bond acceptors (Lipinski definition) is 2. The molecule has 0 radical (unpaired) electrons. The minimum Gasteiger partial charge on any atom is -0.456 e. The van der Waals surface area contributed by atoms with Gasteiger partial charge >= 0.3 is 0 Å². The lowest BCUT2D eigenvalue weighted by Crippen LogP contribution is -2.55. The lowest BCUT2D eigenvalue weighted by atomic mass is 9.43. The van der Waals surface area contributed by atoms with Crippen molar-refractivity contribution >= 4 is 60.5 Å². The highest BCUT2D eigenvalue weighted by molar-refractivity contribution is 6.14. The zero-order valence-electron chi connectivity index (χ0n) is 31.3. The summed E-state index contributed by atoms with van der Waals surface area (Å²) in [6.45, 7) is 0. The van der Waals surface area contributed by atoms with E-state index >= 15 is 0 Å². The Morgan fingerprint density at radius 1 is 0.464 bits per heavy atom. The minimum atomic E-state index is 0.177. The van der Waals surface area contributed by atoms with Crippen LogP contribution in [0.1, 0.15) is 43.2 Å². The lowest BCUT2D eigenvalue weighted by Gasteiger charge is -2.61. The van der Waals surface area contributed by atoms with Gasteiger partial charge in [-0.2, -0.15) is 0 Å². The fourth-order valence-corrected chi connectivity index (χ4v) is 12.7. The van der Waals surface area contributed by atoms with E-state index in [0.29, 0.717) is 0 Å². The van der Waals surface area contributed by atoms with Gasteiger partial charge < -0.3 is 9.32 Å². The van der Waals surface area contributed by atoms with Gasteiger partial charge in [0.05, 0.1) is 11.1 Å². The van der Waals surface area contributed by atoms with Crippen molar-refractivity contribution in [1.29, 1.82) is 0 Å². The predicted octanol–water partition coefficient (Wildman–Crippen LogP) is 14.8. The SMILES string of the molecule is c1ccc2c(c1)-c1c(-c3ccc4cc(N(c5ccc6ccccc6c5)c5cccc6oc7ccccc7c56)ccc4c3)cccc1C21C2CC3CC(C2)CC1C3. The van der Waals surface area contributed by atoms with Crippen molar-refractivity contribution in [1.82, 2.24) is 0 Å². The first-order valence-electron chi connectivity index (χ1n) is 20.7. The van der Waals surface area contributed by atoms with E-state index in [1.54, 1.807) is 11.1 Å². The molecule has 0 aliphatic heterocycles. The second kappa shape index (κ2) is 11.5. The number of anilines is 3. The van der Waals surface area contributed by atoms with Gasteiger partial charge in [0.25, 0.3) is 0 Å². The summed E-state index contributed by atoms with van der Waals surface area (Å²) in [6, 6.07) is 61.2. The summed E-state index contributed by atoms with van der Waals surface area (Å²) >= 11 is 0. The molecular weight excluding hydrogens is 679 g/mol. The monoisotopic (exact) mass is 719 g/mol. The summed E-state index contributed by atoms with van der Waals surface area (Å²) < 4.78 is 6.40. The van der Waals surface area contributed by atoms with Crippen molar-refractivity contribution in [3.05, 3.63) is 175 Å². The molecule has 4 bridgehead atoms. The van der Waals surface area contributed by atoms with Crippen LogP contribution >= 0.6 is 0 Å². The Labute approximate surface area is 327 Å². The van der Waals surface area contributed by atoms with Crippen LogP contribution in [0.4, 0.5) is 17.1 Å². The third-order valence-corrected chi connectivity index (χ3v) is 14.6. The van der Waals surface area contributed by atoms with Crippen LogP contribution in [0.25, 0.3) is 65.7 Å². The molecule has 2 nitrogen and oxygen atoms in total. The second-order valence-corrected chi connectivity index (χ2v) is 17.3. The van der Waals surface area contributed by atoms with Gasteiger partial charge in [0.2, 0.25) is 0 Å². The average Bonchev–Trinajstić information content (AvgIpc) is 3.77. The zero-order valence-corrected chi connectivity index (χ0v) is 31.3. The molecule has 9 aromatic rings. The largest absolute Gasteiger partial charge is 0.456 e. The molecule has 0 atom stereocenters. The highest BCUT2D eigenvalue weighted by atomic mass is 16.3. The number of furan rings is 1. The summed E-state index contributed by atoms with van der Waals surface area (Å²) in [7, 11) is 0. The summed E-state index contributed by atoms with van der Waals surface area (Å²) in [6.07, 6.45) is 7.11. The Bertz CT molecular complexity index is 3050. The van der Waals surface area contributed by atoms with E-state index in [-0.39, 0.29) is 5.41 Å². The molecule has 5 aliphatic rings. The molecular formula is C54H41NO. The highest BCUT2D eigenvalue weighted by Crippen LogP contribution is 2.70. The van der Waals surface area contributed by atoms with Gasteiger partial charge in [0.1, 0.15) is 11.2 Å². The van der Waals surface area contributed by atoms with Crippen LogP contribution in [0.5, 0.6) is 0 Å². The summed E-state index contributed by atoms with van der Waals surface area (Å²) in [5.74, 6) is 3.42. The van der Waals surface area contributed by atoms with Crippen LogP contribution in [0, 0.1) is 23.7 Å². The number of fused-ring (bicyclic) bond motifs is 8. The van der Waals surface area contributed by atoms with Gasteiger partial charge in [-0.3, -0.25) is 0 Å². The molecule has 14 rings (SSSR count). The summed E-state index contributed by atoms with van der Waals surface area (Å²) in [4.78, 5) is 2.41. The Balaban J connectivity index is 0.966. The van der Waals surface area contributed by atoms with Crippen molar-refractivity contribution in [2.24, 2.45) is 23.7 Å². The van der Waals surface area contributed by atoms with Crippen LogP contribution in [-0.2, 0) is 5.41 Å². The first-order chi connectivity index (χ1) is 27.7. The molecule has 0 saturated heterocycles. The summed E-state index contributed by atoms with van der Waals surface area (Å²) in [5, 5.41) is 7.19. The van der Waals surface area contributed by atoms with Gasteiger partial charge in [-0.05, 0) is 159 Å². The molecule has 1 heterocycles. The van der Waals surface area contributed by atoms with E-state index in [2.05, 4.69) is 163 Å². The Morgan fingerprint density at radius 3 is 1.91 bits per heavy atom. The maximum absolute atomic E-state index is 6.40. The normalized spacial score (nSPS) is 23.1. The maximum Gasteiger partial charge on any atom is 0.137 e. The standard InChI is InChI=1S/C54H41NO/c1-2-10-36-31-42(23-21-35(36)9-1)55(49-16-8-18-51-53(49)46-12-4-6-17-50(46)56-51)43-24-22-37-30-39(20-19-38(37)32-43)44-13-7-15-48-52(44)45-11-3-5-14-47(45)54(48)40-26-33-25-34(28-40)29-41(54)27-33/h1-24,30-34,40-41H,25-29H2. The molecule has 1 aromatic heterocycles. The van der Waals surface area contributed by atoms with E-state index in [0.717, 1.165) is 62.7 Å². The van der Waals surface area contributed by atoms with E-state index in [1.807, 2.05) is 6.07 Å². The first-order valence-corrected chi connectivity index (χ1v) is 20.7. The topological polar surface area (TPSA) is 16.4 Å². The molecule has 8 aromatic carbocycles. The fraction of sp³-hybridized carbons (Fsp3) is 0.185. The average molecular weight is 720 g/mol. The predicted molar refractivity (Wildman–Crippen MR) is 232 cm³/mol. The van der Waals surface area contributed by atoms with Crippen molar-refractivity contribution in [3.8, 4) is 22.3 Å². The second-order valence-electron chi connectivity index (χ2n) is 17.3. The number of nitrogens with zero attached hydrogens (tertiary/aromatic N) is 1. The van der Waals surface area contributed by atoms with Gasteiger partial charge in [-0.1, -0.05) is 115 Å². The molecule has 0 N–H and O–H groups in total. The number of benzene rings is 8. The number of para-hydroxylation sites is 1. The minimum absolute atomic E-state index is 0.177. The Kier molecular flexibility index (Phi) is 6.37. The Hall–Kier alpha value is -6.12. The van der Waals surface area contributed by atoms with E-state index in [4.69, 9.17) is 4.42 Å². The smallest absolute Gasteiger partial charge is 0.137 e. The molecule has 5 aliphatic carbocycles. The van der Waals surface area contributed by atoms with Crippen LogP contribution < -0.4 is 4.90 Å². The van der Waals surface area contributed by atoms with Crippen molar-refractivity contribution in [3.63, 3.8) is 0 Å². The number of hydrogen-bond donors (Lipinski definition) is 0. The molecule has 1 spiro atoms. The van der Waals surface area contributed by atoms with Crippen molar-refractivity contribution < 1.29 is 4.42 Å². The molecule has 2 heteroatoms. The molecule has 0 unspecified atom stereocenters. The first kappa shape index (κ1) is 31.1. The van der Waals surface area contributed by atoms with Crippen molar-refractivity contribution in [2.45, 2.75) is 37.5 Å². The van der Waals surface area contributed by atoms with Crippen LogP contribution in [0.2, 0.25) is 0 Å². The highest BCUT2D eigenvalue weighted by Gasteiger charge is 2.61. The van der Waals surface area contributed by atoms with E-state index < -0.39 is 0 Å². The van der Waals surface area contributed by atoms with Crippen LogP contribution in [0.15, 0.2) is 168 Å². The third kappa shape index (κ3) is 4.22. The molecule has 4 fully saturated rings. The Morgan fingerprint density at radius 2 is 1.07 bits per heavy atom. The van der Waals surface area contributed by atoms with E-state index in [9.17, 15) is 0 Å². The van der Waals surface area contributed by atoms with Gasteiger partial charge in [0.15, 0.2) is 0 Å². The molecule has 0 amide bonds. The summed E-state index contributed by atoms with van der Waals surface area (Å²) in [5.41, 5.74) is 14.2. The van der Waals surface area contributed by atoms with Gasteiger partial charge in [-0.15, -0.1) is 0 Å².